The Bertz CT molecular complexity index is 236. The minimum absolute atomic E-state index is 0.0231. The Morgan fingerprint density at radius 3 is 2.82 bits per heavy atom. The molecule has 11 heavy (non-hydrogen) atoms. The molecule has 0 N–H and O–H groups in total. The molecule has 0 aromatic carbocycles. The van der Waals surface area contributed by atoms with Gasteiger partial charge in [-0.15, -0.1) is 0 Å². The van der Waals surface area contributed by atoms with E-state index < -0.39 is 5.54 Å². The molecule has 0 bridgehead atoms. The van der Waals surface area contributed by atoms with Crippen molar-refractivity contribution in [3.63, 3.8) is 0 Å². The van der Waals surface area contributed by atoms with Gasteiger partial charge >= 0.3 is 0 Å². The number of rotatable bonds is 0. The number of ketones is 1. The molecule has 0 aromatic heterocycles. The monoisotopic (exact) mass is 153 g/mol. The van der Waals surface area contributed by atoms with Gasteiger partial charge in [-0.05, 0) is 19.8 Å². The van der Waals surface area contributed by atoms with Crippen LogP contribution in [-0.4, -0.2) is 28.7 Å². The lowest BCUT2D eigenvalue weighted by Crippen LogP contribution is -2.41. The third-order valence-corrected chi connectivity index (χ3v) is 2.85. The van der Waals surface area contributed by atoms with Gasteiger partial charge in [0.05, 0.1) is 12.0 Å². The van der Waals surface area contributed by atoms with Crippen molar-refractivity contribution in [2.45, 2.75) is 31.7 Å². The summed E-state index contributed by atoms with van der Waals surface area (Å²) < 4.78 is 0. The highest BCUT2D eigenvalue weighted by Crippen LogP contribution is 2.36. The summed E-state index contributed by atoms with van der Waals surface area (Å²) in [5.41, 5.74) is -0.420. The van der Waals surface area contributed by atoms with Crippen LogP contribution in [0, 0.1) is 0 Å². The Kier molecular flexibility index (Phi) is 1.14. The molecule has 1 amide bonds. The zero-order valence-electron chi connectivity index (χ0n) is 6.59. The molecule has 1 atom stereocenters. The highest BCUT2D eigenvalue weighted by Gasteiger charge is 2.51. The zero-order valence-corrected chi connectivity index (χ0v) is 6.59. The smallest absolute Gasteiger partial charge is 0.230 e. The predicted molar refractivity (Wildman–Crippen MR) is 39.0 cm³/mol. The Balaban J connectivity index is 2.39. The van der Waals surface area contributed by atoms with Crippen LogP contribution in [0.15, 0.2) is 0 Å². The molecule has 2 aliphatic heterocycles. The van der Waals surface area contributed by atoms with Crippen molar-refractivity contribution in [2.75, 3.05) is 6.54 Å². The molecule has 2 rings (SSSR count). The second-order valence-electron chi connectivity index (χ2n) is 3.52. The van der Waals surface area contributed by atoms with Gasteiger partial charge in [-0.1, -0.05) is 0 Å². The van der Waals surface area contributed by atoms with E-state index in [0.29, 0.717) is 0 Å². The molecule has 0 spiro atoms. The van der Waals surface area contributed by atoms with E-state index in [-0.39, 0.29) is 18.1 Å². The predicted octanol–water partition coefficient (Wildman–Crippen LogP) is 0.340. The van der Waals surface area contributed by atoms with Crippen molar-refractivity contribution in [1.82, 2.24) is 4.90 Å². The molecule has 2 saturated heterocycles. The average molecular weight is 153 g/mol. The first-order valence-electron chi connectivity index (χ1n) is 3.98. The van der Waals surface area contributed by atoms with E-state index in [4.69, 9.17) is 0 Å². The fourth-order valence-electron chi connectivity index (χ4n) is 2.08. The molecule has 2 heterocycles. The summed E-state index contributed by atoms with van der Waals surface area (Å²) in [6.45, 7) is 2.66. The summed E-state index contributed by atoms with van der Waals surface area (Å²) in [7, 11) is 0. The van der Waals surface area contributed by atoms with Crippen molar-refractivity contribution in [3.05, 3.63) is 0 Å². The van der Waals surface area contributed by atoms with Crippen LogP contribution in [0.2, 0.25) is 0 Å². The third kappa shape index (κ3) is 0.682. The van der Waals surface area contributed by atoms with Crippen molar-refractivity contribution in [3.8, 4) is 0 Å². The number of amides is 1. The van der Waals surface area contributed by atoms with E-state index in [1.807, 2.05) is 6.92 Å². The molecule has 60 valence electrons. The van der Waals surface area contributed by atoms with Gasteiger partial charge in [0, 0.05) is 6.54 Å². The highest BCUT2D eigenvalue weighted by atomic mass is 16.2. The highest BCUT2D eigenvalue weighted by molar-refractivity contribution is 6.10. The number of carbonyl (C=O) groups excluding carboxylic acids is 2. The summed E-state index contributed by atoms with van der Waals surface area (Å²) in [5.74, 6) is 0.134. The van der Waals surface area contributed by atoms with E-state index in [0.717, 1.165) is 19.4 Å². The number of carbonyl (C=O) groups is 2. The first kappa shape index (κ1) is 6.83. The van der Waals surface area contributed by atoms with Crippen LogP contribution >= 0.6 is 0 Å². The number of nitrogens with zero attached hydrogens (tertiary/aromatic N) is 1. The Hall–Kier alpha value is -0.860. The standard InChI is InChI=1S/C8H11NO2/c1-8-3-2-4-9(8)7(11)5-6(8)10/h2-5H2,1H3/t8-/m0/s1. The van der Waals surface area contributed by atoms with Crippen molar-refractivity contribution in [2.24, 2.45) is 0 Å². The van der Waals surface area contributed by atoms with E-state index in [1.165, 1.54) is 0 Å². The van der Waals surface area contributed by atoms with Gasteiger partial charge in [-0.2, -0.15) is 0 Å². The summed E-state index contributed by atoms with van der Waals surface area (Å²) in [6.07, 6.45) is 1.97. The van der Waals surface area contributed by atoms with Crippen molar-refractivity contribution >= 4 is 11.7 Å². The molecule has 0 radical (unpaired) electrons. The van der Waals surface area contributed by atoms with E-state index in [2.05, 4.69) is 0 Å². The fraction of sp³-hybridized carbons (Fsp3) is 0.750. The minimum atomic E-state index is -0.420. The SMILES string of the molecule is C[C@@]12CCCN1C(=O)CC2=O. The number of Topliss-reactive ketones (excluding diaryl/α,β-unsaturated/α-hetero) is 1. The van der Waals surface area contributed by atoms with E-state index >= 15 is 0 Å². The molecule has 0 aliphatic carbocycles. The Labute approximate surface area is 65.4 Å². The molecule has 2 aliphatic rings. The largest absolute Gasteiger partial charge is 0.330 e. The number of hydrogen-bond donors (Lipinski definition) is 0. The maximum atomic E-state index is 11.3. The maximum absolute atomic E-state index is 11.3. The first-order valence-corrected chi connectivity index (χ1v) is 3.98. The van der Waals surface area contributed by atoms with Gasteiger partial charge in [0.25, 0.3) is 0 Å². The Morgan fingerprint density at radius 1 is 1.45 bits per heavy atom. The maximum Gasteiger partial charge on any atom is 0.230 e. The quantitative estimate of drug-likeness (QED) is 0.470. The van der Waals surface area contributed by atoms with Gasteiger partial charge < -0.3 is 4.90 Å². The topological polar surface area (TPSA) is 37.4 Å². The van der Waals surface area contributed by atoms with Crippen molar-refractivity contribution < 1.29 is 9.59 Å². The fourth-order valence-corrected chi connectivity index (χ4v) is 2.08. The molecule has 3 heteroatoms. The molecule has 0 aromatic rings. The summed E-state index contributed by atoms with van der Waals surface area (Å²) in [6, 6.07) is 0. The summed E-state index contributed by atoms with van der Waals surface area (Å²) >= 11 is 0. The van der Waals surface area contributed by atoms with Crippen molar-refractivity contribution in [1.29, 1.82) is 0 Å². The first-order chi connectivity index (χ1) is 5.14. The van der Waals surface area contributed by atoms with Gasteiger partial charge in [0.2, 0.25) is 5.91 Å². The molecular formula is C8H11NO2. The van der Waals surface area contributed by atoms with Gasteiger partial charge in [0.1, 0.15) is 0 Å². The molecule has 0 saturated carbocycles. The van der Waals surface area contributed by atoms with Crippen LogP contribution in [0.4, 0.5) is 0 Å². The van der Waals surface area contributed by atoms with Crippen LogP contribution in [0.5, 0.6) is 0 Å². The molecule has 0 unspecified atom stereocenters. The second kappa shape index (κ2) is 1.84. The summed E-state index contributed by atoms with van der Waals surface area (Å²) in [5, 5.41) is 0. The lowest BCUT2D eigenvalue weighted by atomic mass is 9.96. The molecule has 2 fully saturated rings. The summed E-state index contributed by atoms with van der Waals surface area (Å²) in [4.78, 5) is 24.2. The van der Waals surface area contributed by atoms with Gasteiger partial charge in [-0.25, -0.2) is 0 Å². The minimum Gasteiger partial charge on any atom is -0.330 e. The Morgan fingerprint density at radius 2 is 2.18 bits per heavy atom. The van der Waals surface area contributed by atoms with Crippen LogP contribution < -0.4 is 0 Å². The van der Waals surface area contributed by atoms with Crippen LogP contribution in [0.1, 0.15) is 26.2 Å². The molecule has 3 nitrogen and oxygen atoms in total. The van der Waals surface area contributed by atoms with Crippen LogP contribution in [0.3, 0.4) is 0 Å². The number of hydrogen-bond acceptors (Lipinski definition) is 2. The van der Waals surface area contributed by atoms with Gasteiger partial charge in [0.15, 0.2) is 5.78 Å². The van der Waals surface area contributed by atoms with Gasteiger partial charge in [-0.3, -0.25) is 9.59 Å². The lowest BCUT2D eigenvalue weighted by Gasteiger charge is -2.24. The third-order valence-electron chi connectivity index (χ3n) is 2.85. The molecular weight excluding hydrogens is 142 g/mol. The van der Waals surface area contributed by atoms with Crippen LogP contribution in [0.25, 0.3) is 0 Å². The lowest BCUT2D eigenvalue weighted by molar-refractivity contribution is -0.129. The normalized spacial score (nSPS) is 36.6. The second-order valence-corrected chi connectivity index (χ2v) is 3.52. The number of fused-ring (bicyclic) bond motifs is 1. The average Bonchev–Trinajstić information content (AvgIpc) is 2.39. The van der Waals surface area contributed by atoms with Crippen LogP contribution in [-0.2, 0) is 9.59 Å². The van der Waals surface area contributed by atoms with E-state index in [9.17, 15) is 9.59 Å². The zero-order chi connectivity index (χ0) is 8.06. The van der Waals surface area contributed by atoms with E-state index in [1.54, 1.807) is 4.90 Å².